The van der Waals surface area contributed by atoms with E-state index in [2.05, 4.69) is 29.7 Å². The maximum atomic E-state index is 12.2. The van der Waals surface area contributed by atoms with Crippen LogP contribution in [0, 0.1) is 5.92 Å². The first kappa shape index (κ1) is 16.0. The van der Waals surface area contributed by atoms with Gasteiger partial charge in [0.05, 0.1) is 6.04 Å². The second kappa shape index (κ2) is 8.83. The van der Waals surface area contributed by atoms with Crippen LogP contribution in [0.5, 0.6) is 0 Å². The molecule has 116 valence electrons. The van der Waals surface area contributed by atoms with Crippen molar-refractivity contribution in [2.24, 2.45) is 5.92 Å². The molecule has 3 heteroatoms. The van der Waals surface area contributed by atoms with Gasteiger partial charge in [-0.05, 0) is 50.3 Å². The standard InChI is InChI=1S/C18H28N2O/c1-2-6-17(16-7-4-3-5-8-16)20-18(21)10-9-15-11-13-19-14-12-15/h3-5,7-8,15,17,19H,2,6,9-14H2,1H3,(H,20,21). The monoisotopic (exact) mass is 288 g/mol. The van der Waals surface area contributed by atoms with Gasteiger partial charge in [0.1, 0.15) is 0 Å². The summed E-state index contributed by atoms with van der Waals surface area (Å²) in [5.74, 6) is 0.925. The zero-order valence-electron chi connectivity index (χ0n) is 13.1. The van der Waals surface area contributed by atoms with Gasteiger partial charge in [-0.1, -0.05) is 43.7 Å². The van der Waals surface area contributed by atoms with Crippen molar-refractivity contribution in [2.45, 2.75) is 51.5 Å². The van der Waals surface area contributed by atoms with Gasteiger partial charge in [0.2, 0.25) is 5.91 Å². The average molecular weight is 288 g/mol. The van der Waals surface area contributed by atoms with Gasteiger partial charge in [0.25, 0.3) is 0 Å². The van der Waals surface area contributed by atoms with Gasteiger partial charge in [0.15, 0.2) is 0 Å². The molecule has 1 fully saturated rings. The summed E-state index contributed by atoms with van der Waals surface area (Å²) in [5.41, 5.74) is 1.22. The van der Waals surface area contributed by atoms with Crippen molar-refractivity contribution in [1.82, 2.24) is 10.6 Å². The number of amides is 1. The molecule has 0 aromatic heterocycles. The number of nitrogens with one attached hydrogen (secondary N) is 2. The molecule has 2 N–H and O–H groups in total. The van der Waals surface area contributed by atoms with Crippen molar-refractivity contribution in [3.63, 3.8) is 0 Å². The van der Waals surface area contributed by atoms with E-state index in [4.69, 9.17) is 0 Å². The molecular formula is C18H28N2O. The van der Waals surface area contributed by atoms with E-state index < -0.39 is 0 Å². The van der Waals surface area contributed by atoms with Gasteiger partial charge >= 0.3 is 0 Å². The minimum absolute atomic E-state index is 0.164. The highest BCUT2D eigenvalue weighted by atomic mass is 16.1. The van der Waals surface area contributed by atoms with E-state index in [9.17, 15) is 4.79 Å². The Morgan fingerprint density at radius 2 is 2.00 bits per heavy atom. The summed E-state index contributed by atoms with van der Waals surface area (Å²) >= 11 is 0. The molecule has 1 saturated heterocycles. The van der Waals surface area contributed by atoms with Crippen molar-refractivity contribution >= 4 is 5.91 Å². The fourth-order valence-corrected chi connectivity index (χ4v) is 3.07. The second-order valence-corrected chi connectivity index (χ2v) is 6.05. The molecule has 1 aliphatic heterocycles. The summed E-state index contributed by atoms with van der Waals surface area (Å²) in [6.07, 6.45) is 6.20. The first-order chi connectivity index (χ1) is 10.3. The zero-order chi connectivity index (χ0) is 14.9. The Balaban J connectivity index is 1.80. The summed E-state index contributed by atoms with van der Waals surface area (Å²) < 4.78 is 0. The molecule has 0 aliphatic carbocycles. The van der Waals surface area contributed by atoms with Gasteiger partial charge in [-0.15, -0.1) is 0 Å². The molecule has 1 amide bonds. The smallest absolute Gasteiger partial charge is 0.220 e. The molecule has 1 atom stereocenters. The van der Waals surface area contributed by atoms with Crippen molar-refractivity contribution in [2.75, 3.05) is 13.1 Å². The Labute approximate surface area is 128 Å². The molecule has 1 aliphatic rings. The third-order valence-corrected chi connectivity index (χ3v) is 4.35. The van der Waals surface area contributed by atoms with Crippen molar-refractivity contribution in [3.05, 3.63) is 35.9 Å². The van der Waals surface area contributed by atoms with Crippen LogP contribution in [-0.2, 0) is 4.79 Å². The summed E-state index contributed by atoms with van der Waals surface area (Å²) in [4.78, 5) is 12.2. The number of carbonyl (C=O) groups is 1. The van der Waals surface area contributed by atoms with Crippen molar-refractivity contribution in [3.8, 4) is 0 Å². The molecule has 0 saturated carbocycles. The van der Waals surface area contributed by atoms with Gasteiger partial charge in [-0.2, -0.15) is 0 Å². The maximum Gasteiger partial charge on any atom is 0.220 e. The average Bonchev–Trinajstić information content (AvgIpc) is 2.54. The van der Waals surface area contributed by atoms with E-state index >= 15 is 0 Å². The molecule has 0 bridgehead atoms. The lowest BCUT2D eigenvalue weighted by molar-refractivity contribution is -0.122. The molecule has 1 aromatic carbocycles. The number of rotatable bonds is 7. The third kappa shape index (κ3) is 5.50. The van der Waals surface area contributed by atoms with Crippen molar-refractivity contribution in [1.29, 1.82) is 0 Å². The zero-order valence-corrected chi connectivity index (χ0v) is 13.1. The first-order valence-electron chi connectivity index (χ1n) is 8.34. The topological polar surface area (TPSA) is 41.1 Å². The Morgan fingerprint density at radius 1 is 1.29 bits per heavy atom. The van der Waals surface area contributed by atoms with Crippen LogP contribution in [0.15, 0.2) is 30.3 Å². The summed E-state index contributed by atoms with van der Waals surface area (Å²) in [7, 11) is 0. The number of carbonyl (C=O) groups excluding carboxylic acids is 1. The van der Waals surface area contributed by atoms with E-state index in [0.29, 0.717) is 6.42 Å². The molecule has 0 radical (unpaired) electrons. The van der Waals surface area contributed by atoms with Gasteiger partial charge in [-0.25, -0.2) is 0 Å². The number of hydrogen-bond donors (Lipinski definition) is 2. The van der Waals surface area contributed by atoms with Crippen LogP contribution in [0.3, 0.4) is 0 Å². The van der Waals surface area contributed by atoms with E-state index in [-0.39, 0.29) is 11.9 Å². The Morgan fingerprint density at radius 3 is 2.67 bits per heavy atom. The lowest BCUT2D eigenvalue weighted by Crippen LogP contribution is -2.31. The maximum absolute atomic E-state index is 12.2. The number of piperidine rings is 1. The molecular weight excluding hydrogens is 260 g/mol. The van der Waals surface area contributed by atoms with Crippen LogP contribution in [0.25, 0.3) is 0 Å². The third-order valence-electron chi connectivity index (χ3n) is 4.35. The van der Waals surface area contributed by atoms with Gasteiger partial charge < -0.3 is 10.6 Å². The minimum atomic E-state index is 0.164. The SMILES string of the molecule is CCCC(NC(=O)CCC1CCNCC1)c1ccccc1. The lowest BCUT2D eigenvalue weighted by Gasteiger charge is -2.23. The highest BCUT2D eigenvalue weighted by Crippen LogP contribution is 2.20. The van der Waals surface area contributed by atoms with E-state index in [1.54, 1.807) is 0 Å². The molecule has 0 spiro atoms. The van der Waals surface area contributed by atoms with Crippen molar-refractivity contribution < 1.29 is 4.79 Å². The normalized spacial score (nSPS) is 17.4. The quantitative estimate of drug-likeness (QED) is 0.807. The van der Waals surface area contributed by atoms with E-state index in [1.165, 1.54) is 18.4 Å². The second-order valence-electron chi connectivity index (χ2n) is 6.05. The minimum Gasteiger partial charge on any atom is -0.349 e. The van der Waals surface area contributed by atoms with Crippen LogP contribution in [0.4, 0.5) is 0 Å². The predicted molar refractivity (Wildman–Crippen MR) is 87.1 cm³/mol. The van der Waals surface area contributed by atoms with Crippen LogP contribution < -0.4 is 10.6 Å². The van der Waals surface area contributed by atoms with Crippen LogP contribution in [-0.4, -0.2) is 19.0 Å². The first-order valence-corrected chi connectivity index (χ1v) is 8.34. The predicted octanol–water partition coefficient (Wildman–Crippen LogP) is 3.42. The molecule has 1 unspecified atom stereocenters. The summed E-state index contributed by atoms with van der Waals surface area (Å²) in [5, 5.41) is 6.59. The fourth-order valence-electron chi connectivity index (χ4n) is 3.07. The highest BCUT2D eigenvalue weighted by molar-refractivity contribution is 5.76. The fraction of sp³-hybridized carbons (Fsp3) is 0.611. The largest absolute Gasteiger partial charge is 0.349 e. The van der Waals surface area contributed by atoms with E-state index in [1.807, 2.05) is 18.2 Å². The Bertz CT molecular complexity index is 412. The molecule has 1 heterocycles. The lowest BCUT2D eigenvalue weighted by atomic mass is 9.93. The number of hydrogen-bond acceptors (Lipinski definition) is 2. The molecule has 1 aromatic rings. The van der Waals surface area contributed by atoms with Crippen LogP contribution in [0.2, 0.25) is 0 Å². The highest BCUT2D eigenvalue weighted by Gasteiger charge is 2.17. The molecule has 21 heavy (non-hydrogen) atoms. The summed E-state index contributed by atoms with van der Waals surface area (Å²) in [6, 6.07) is 10.5. The Kier molecular flexibility index (Phi) is 6.74. The number of benzene rings is 1. The summed E-state index contributed by atoms with van der Waals surface area (Å²) in [6.45, 7) is 4.38. The molecule has 3 nitrogen and oxygen atoms in total. The van der Waals surface area contributed by atoms with Crippen LogP contribution in [0.1, 0.15) is 57.1 Å². The van der Waals surface area contributed by atoms with Gasteiger partial charge in [-0.3, -0.25) is 4.79 Å². The van der Waals surface area contributed by atoms with Gasteiger partial charge in [0, 0.05) is 6.42 Å². The van der Waals surface area contributed by atoms with Crippen LogP contribution >= 0.6 is 0 Å². The van der Waals surface area contributed by atoms with E-state index in [0.717, 1.165) is 38.3 Å². The molecule has 2 rings (SSSR count). The Hall–Kier alpha value is -1.35.